The van der Waals surface area contributed by atoms with Gasteiger partial charge in [-0.1, -0.05) is 48.6 Å². The standard InChI is InChI=1S/C18H20ClNOSi/c1-21-14-7-5-6-12(8-14)18-15-11-20-17(19)10-13(15)9-16(18)22(2,3)4/h5-8,10-11H,9H2,1-4H3. The van der Waals surface area contributed by atoms with Crippen LogP contribution in [0.1, 0.15) is 16.7 Å². The Labute approximate surface area is 137 Å². The molecule has 0 radical (unpaired) electrons. The maximum Gasteiger partial charge on any atom is 0.129 e. The van der Waals surface area contributed by atoms with E-state index in [1.807, 2.05) is 24.4 Å². The lowest BCUT2D eigenvalue weighted by molar-refractivity contribution is 0.414. The van der Waals surface area contributed by atoms with Crippen LogP contribution in [0.4, 0.5) is 0 Å². The Balaban J connectivity index is 2.22. The van der Waals surface area contributed by atoms with Gasteiger partial charge in [0.05, 0.1) is 15.2 Å². The SMILES string of the molecule is COc1cccc(C2=C([Si](C)(C)C)Cc3cc(Cl)ncc32)c1. The monoisotopic (exact) mass is 329 g/mol. The number of aromatic nitrogens is 1. The van der Waals surface area contributed by atoms with Crippen molar-refractivity contribution in [2.75, 3.05) is 7.11 Å². The van der Waals surface area contributed by atoms with Crippen LogP contribution in [0.5, 0.6) is 5.75 Å². The van der Waals surface area contributed by atoms with Crippen LogP contribution < -0.4 is 4.74 Å². The predicted octanol–water partition coefficient (Wildman–Crippen LogP) is 4.98. The zero-order chi connectivity index (χ0) is 15.9. The summed E-state index contributed by atoms with van der Waals surface area (Å²) in [5.41, 5.74) is 5.04. The van der Waals surface area contributed by atoms with Gasteiger partial charge in [-0.3, -0.25) is 0 Å². The van der Waals surface area contributed by atoms with Crippen molar-refractivity contribution in [1.82, 2.24) is 4.98 Å². The van der Waals surface area contributed by atoms with Crippen molar-refractivity contribution in [3.63, 3.8) is 0 Å². The van der Waals surface area contributed by atoms with E-state index < -0.39 is 8.07 Å². The number of fused-ring (bicyclic) bond motifs is 1. The van der Waals surface area contributed by atoms with Crippen molar-refractivity contribution in [3.8, 4) is 5.75 Å². The van der Waals surface area contributed by atoms with Crippen molar-refractivity contribution in [2.24, 2.45) is 0 Å². The molecule has 1 heterocycles. The fourth-order valence-electron chi connectivity index (χ4n) is 3.03. The van der Waals surface area contributed by atoms with Gasteiger partial charge < -0.3 is 4.74 Å². The molecule has 22 heavy (non-hydrogen) atoms. The van der Waals surface area contributed by atoms with Crippen LogP contribution in [0.3, 0.4) is 0 Å². The molecular formula is C18H20ClNOSi. The summed E-state index contributed by atoms with van der Waals surface area (Å²) in [6.45, 7) is 7.18. The molecule has 0 saturated heterocycles. The molecule has 1 aliphatic rings. The number of ether oxygens (including phenoxy) is 1. The minimum absolute atomic E-state index is 0.570. The largest absolute Gasteiger partial charge is 0.497 e. The highest BCUT2D eigenvalue weighted by atomic mass is 35.5. The van der Waals surface area contributed by atoms with E-state index in [0.29, 0.717) is 5.15 Å². The summed E-state index contributed by atoms with van der Waals surface area (Å²) in [4.78, 5) is 4.30. The highest BCUT2D eigenvalue weighted by Gasteiger charge is 2.31. The van der Waals surface area contributed by atoms with Gasteiger partial charge in [-0.05, 0) is 41.3 Å². The molecule has 0 N–H and O–H groups in total. The maximum atomic E-state index is 6.09. The quantitative estimate of drug-likeness (QED) is 0.585. The molecule has 4 heteroatoms. The number of pyridine rings is 1. The van der Waals surface area contributed by atoms with Crippen LogP contribution in [-0.4, -0.2) is 20.2 Å². The predicted molar refractivity (Wildman–Crippen MR) is 95.3 cm³/mol. The lowest BCUT2D eigenvalue weighted by Gasteiger charge is -2.21. The van der Waals surface area contributed by atoms with Crippen LogP contribution in [0.25, 0.3) is 5.57 Å². The van der Waals surface area contributed by atoms with Gasteiger partial charge in [0.2, 0.25) is 0 Å². The van der Waals surface area contributed by atoms with E-state index in [1.165, 1.54) is 22.3 Å². The minimum atomic E-state index is -1.44. The highest BCUT2D eigenvalue weighted by Crippen LogP contribution is 2.42. The van der Waals surface area contributed by atoms with E-state index in [2.05, 4.69) is 36.8 Å². The summed E-state index contributed by atoms with van der Waals surface area (Å²) in [6.07, 6.45) is 2.90. The molecule has 1 aromatic heterocycles. The first-order chi connectivity index (χ1) is 10.4. The van der Waals surface area contributed by atoms with Gasteiger partial charge in [-0.15, -0.1) is 0 Å². The van der Waals surface area contributed by atoms with E-state index in [4.69, 9.17) is 16.3 Å². The number of methoxy groups -OCH3 is 1. The molecule has 0 aliphatic heterocycles. The Morgan fingerprint density at radius 3 is 2.64 bits per heavy atom. The Morgan fingerprint density at radius 2 is 1.95 bits per heavy atom. The number of hydrogen-bond donors (Lipinski definition) is 0. The van der Waals surface area contributed by atoms with E-state index in [-0.39, 0.29) is 0 Å². The number of nitrogens with zero attached hydrogens (tertiary/aromatic N) is 1. The van der Waals surface area contributed by atoms with Crippen LogP contribution in [0.15, 0.2) is 41.7 Å². The fourth-order valence-corrected chi connectivity index (χ4v) is 4.96. The Hall–Kier alpha value is -1.58. The highest BCUT2D eigenvalue weighted by molar-refractivity contribution is 6.84. The number of halogens is 1. The van der Waals surface area contributed by atoms with E-state index in [1.54, 1.807) is 12.3 Å². The third-order valence-electron chi connectivity index (χ3n) is 4.16. The smallest absolute Gasteiger partial charge is 0.129 e. The van der Waals surface area contributed by atoms with Crippen LogP contribution in [0.2, 0.25) is 24.8 Å². The first kappa shape index (κ1) is 15.3. The first-order valence-corrected chi connectivity index (χ1v) is 11.3. The van der Waals surface area contributed by atoms with Gasteiger partial charge in [0, 0.05) is 11.8 Å². The zero-order valence-electron chi connectivity index (χ0n) is 13.4. The topological polar surface area (TPSA) is 22.1 Å². The zero-order valence-corrected chi connectivity index (χ0v) is 15.2. The normalized spacial score (nSPS) is 14.2. The third kappa shape index (κ3) is 2.71. The van der Waals surface area contributed by atoms with Crippen molar-refractivity contribution >= 4 is 25.2 Å². The molecule has 0 amide bonds. The van der Waals surface area contributed by atoms with Crippen LogP contribution >= 0.6 is 11.6 Å². The molecule has 2 nitrogen and oxygen atoms in total. The fraction of sp³-hybridized carbons (Fsp3) is 0.278. The number of rotatable bonds is 3. The Bertz CT molecular complexity index is 762. The first-order valence-electron chi connectivity index (χ1n) is 7.43. The second kappa shape index (κ2) is 5.56. The van der Waals surface area contributed by atoms with Gasteiger partial charge in [-0.25, -0.2) is 4.98 Å². The second-order valence-corrected chi connectivity index (χ2v) is 12.2. The molecule has 2 aromatic rings. The number of allylic oxidation sites excluding steroid dienone is 1. The van der Waals surface area contributed by atoms with E-state index >= 15 is 0 Å². The number of hydrogen-bond acceptors (Lipinski definition) is 2. The van der Waals surface area contributed by atoms with Crippen LogP contribution in [0, 0.1) is 0 Å². The minimum Gasteiger partial charge on any atom is -0.497 e. The Kier molecular flexibility index (Phi) is 3.87. The van der Waals surface area contributed by atoms with Crippen molar-refractivity contribution in [2.45, 2.75) is 26.1 Å². The second-order valence-electron chi connectivity index (χ2n) is 6.68. The molecule has 0 bridgehead atoms. The summed E-state index contributed by atoms with van der Waals surface area (Å²) >= 11 is 6.09. The summed E-state index contributed by atoms with van der Waals surface area (Å²) in [5.74, 6) is 0.885. The van der Waals surface area contributed by atoms with E-state index in [0.717, 1.165) is 12.2 Å². The molecule has 1 aliphatic carbocycles. The summed E-state index contributed by atoms with van der Waals surface area (Å²) < 4.78 is 5.39. The Morgan fingerprint density at radius 1 is 1.18 bits per heavy atom. The molecule has 0 spiro atoms. The van der Waals surface area contributed by atoms with Gasteiger partial charge in [0.1, 0.15) is 10.9 Å². The molecule has 0 atom stereocenters. The maximum absolute atomic E-state index is 6.09. The average Bonchev–Trinajstić information content (AvgIpc) is 2.86. The summed E-state index contributed by atoms with van der Waals surface area (Å²) in [6, 6.07) is 10.3. The lowest BCUT2D eigenvalue weighted by atomic mass is 10.0. The molecule has 0 unspecified atom stereocenters. The van der Waals surface area contributed by atoms with Crippen molar-refractivity contribution in [1.29, 1.82) is 0 Å². The van der Waals surface area contributed by atoms with Gasteiger partial charge >= 0.3 is 0 Å². The van der Waals surface area contributed by atoms with Crippen molar-refractivity contribution in [3.05, 3.63) is 63.6 Å². The van der Waals surface area contributed by atoms with Gasteiger partial charge in [-0.2, -0.15) is 0 Å². The molecule has 3 rings (SSSR count). The average molecular weight is 330 g/mol. The van der Waals surface area contributed by atoms with E-state index in [9.17, 15) is 0 Å². The molecule has 0 fully saturated rings. The molecular weight excluding hydrogens is 310 g/mol. The van der Waals surface area contributed by atoms with Gasteiger partial charge in [0.15, 0.2) is 0 Å². The summed E-state index contributed by atoms with van der Waals surface area (Å²) in [7, 11) is 0.260. The molecule has 0 saturated carbocycles. The third-order valence-corrected chi connectivity index (χ3v) is 6.60. The molecule has 1 aromatic carbocycles. The lowest BCUT2D eigenvalue weighted by Crippen LogP contribution is -2.25. The van der Waals surface area contributed by atoms with Crippen molar-refractivity contribution < 1.29 is 4.74 Å². The summed E-state index contributed by atoms with van der Waals surface area (Å²) in [5, 5.41) is 2.13. The molecule has 114 valence electrons. The number of benzene rings is 1. The van der Waals surface area contributed by atoms with Gasteiger partial charge in [0.25, 0.3) is 0 Å². The van der Waals surface area contributed by atoms with Crippen LogP contribution in [-0.2, 0) is 6.42 Å².